The molecule has 3 N–H and O–H groups in total. The number of benzene rings is 3. The van der Waals surface area contributed by atoms with Crippen LogP contribution in [0.4, 0.5) is 5.13 Å². The normalized spacial score (nSPS) is 16.4. The van der Waals surface area contributed by atoms with Crippen molar-refractivity contribution in [3.8, 4) is 22.6 Å². The Balaban J connectivity index is 1.15. The van der Waals surface area contributed by atoms with Crippen molar-refractivity contribution >= 4 is 72.9 Å². The monoisotopic (exact) mass is 676 g/mol. The van der Waals surface area contributed by atoms with Crippen LogP contribution >= 0.6 is 35.3 Å². The van der Waals surface area contributed by atoms with Crippen molar-refractivity contribution in [3.63, 3.8) is 0 Å². The van der Waals surface area contributed by atoms with E-state index in [4.69, 9.17) is 37.3 Å². The Kier molecular flexibility index (Phi) is 10.1. The summed E-state index contributed by atoms with van der Waals surface area (Å²) < 4.78 is 19.0. The number of thiocarbonyl (C=S) groups is 1. The molecular formula is C33H32N4O6S3. The molecule has 1 aromatic heterocycles. The van der Waals surface area contributed by atoms with Gasteiger partial charge < -0.3 is 25.1 Å². The van der Waals surface area contributed by atoms with Gasteiger partial charge in [0.1, 0.15) is 22.4 Å². The Morgan fingerprint density at radius 1 is 1.04 bits per heavy atom. The zero-order valence-corrected chi connectivity index (χ0v) is 27.3. The lowest BCUT2D eigenvalue weighted by molar-refractivity contribution is -0.122. The summed E-state index contributed by atoms with van der Waals surface area (Å²) in [5.74, 6) is 0.191. The number of nitrogens with two attached hydrogens (primary N) is 1. The van der Waals surface area contributed by atoms with E-state index in [-0.39, 0.29) is 11.5 Å². The highest BCUT2D eigenvalue weighted by Crippen LogP contribution is 2.37. The lowest BCUT2D eigenvalue weighted by Gasteiger charge is -2.26. The summed E-state index contributed by atoms with van der Waals surface area (Å²) in [6.07, 6.45) is 2.43. The van der Waals surface area contributed by atoms with E-state index < -0.39 is 5.97 Å². The lowest BCUT2D eigenvalue weighted by atomic mass is 10.0. The largest absolute Gasteiger partial charge is 0.494 e. The molecule has 2 aliphatic heterocycles. The number of rotatable bonds is 12. The second-order valence-electron chi connectivity index (χ2n) is 10.7. The molecule has 0 spiro atoms. The first-order valence-corrected chi connectivity index (χ1v) is 16.8. The summed E-state index contributed by atoms with van der Waals surface area (Å²) in [5.41, 5.74) is 9.74. The fourth-order valence-corrected chi connectivity index (χ4v) is 7.24. The van der Waals surface area contributed by atoms with E-state index in [9.17, 15) is 9.59 Å². The summed E-state index contributed by atoms with van der Waals surface area (Å²) in [4.78, 5) is 33.2. The molecule has 0 unspecified atom stereocenters. The molecule has 3 aromatic carbocycles. The zero-order valence-electron chi connectivity index (χ0n) is 24.8. The molecule has 0 saturated carbocycles. The molecule has 10 nitrogen and oxygen atoms in total. The summed E-state index contributed by atoms with van der Waals surface area (Å²) in [6, 6.07) is 18.2. The topological polar surface area (TPSA) is 127 Å². The van der Waals surface area contributed by atoms with Gasteiger partial charge in [-0.25, -0.2) is 9.78 Å². The Morgan fingerprint density at radius 3 is 2.63 bits per heavy atom. The smallest absolute Gasteiger partial charge is 0.335 e. The average molecular weight is 677 g/mol. The van der Waals surface area contributed by atoms with Crippen LogP contribution in [0.1, 0.15) is 22.3 Å². The molecule has 0 radical (unpaired) electrons. The van der Waals surface area contributed by atoms with Crippen LogP contribution in [0.15, 0.2) is 65.6 Å². The number of anilines is 1. The van der Waals surface area contributed by atoms with Gasteiger partial charge in [-0.05, 0) is 72.2 Å². The summed E-state index contributed by atoms with van der Waals surface area (Å²) in [7, 11) is 0. The number of aromatic nitrogens is 1. The van der Waals surface area contributed by atoms with Crippen LogP contribution in [0.2, 0.25) is 0 Å². The second-order valence-corrected chi connectivity index (χ2v) is 13.4. The molecule has 0 aliphatic carbocycles. The number of hydrogen-bond acceptors (Lipinski definition) is 11. The van der Waals surface area contributed by atoms with Crippen LogP contribution in [0.25, 0.3) is 27.4 Å². The molecule has 2 saturated heterocycles. The molecule has 46 heavy (non-hydrogen) atoms. The molecule has 6 rings (SSSR count). The van der Waals surface area contributed by atoms with Gasteiger partial charge in [0.15, 0.2) is 5.13 Å². The van der Waals surface area contributed by atoms with Gasteiger partial charge in [0.2, 0.25) is 0 Å². The fourth-order valence-electron chi connectivity index (χ4n) is 5.16. The van der Waals surface area contributed by atoms with Crippen molar-refractivity contribution in [1.82, 2.24) is 14.8 Å². The minimum Gasteiger partial charge on any atom is -0.494 e. The number of carbonyl (C=O) groups is 2. The van der Waals surface area contributed by atoms with Crippen LogP contribution in [0.5, 0.6) is 11.5 Å². The number of thiazole rings is 1. The molecule has 2 fully saturated rings. The molecule has 1 amide bonds. The lowest BCUT2D eigenvalue weighted by Crippen LogP contribution is -2.38. The molecular weight excluding hydrogens is 645 g/mol. The van der Waals surface area contributed by atoms with Gasteiger partial charge in [-0.15, -0.1) is 0 Å². The third-order valence-corrected chi connectivity index (χ3v) is 9.78. The maximum absolute atomic E-state index is 13.3. The highest BCUT2D eigenvalue weighted by Gasteiger charge is 2.31. The summed E-state index contributed by atoms with van der Waals surface area (Å²) >= 11 is 8.27. The Bertz CT molecular complexity index is 1790. The Morgan fingerprint density at radius 2 is 1.85 bits per heavy atom. The summed E-state index contributed by atoms with van der Waals surface area (Å²) in [5, 5.41) is 9.57. The van der Waals surface area contributed by atoms with Gasteiger partial charge in [-0.1, -0.05) is 47.4 Å². The SMILES string of the molecule is Nc1nc2ccc(-c3cc(/C=C4\SC(=S)N(CCCOc5ccc(C(=O)O)cc5)C4=O)ccc3OCCN3CCOCC3)cc2s1. The van der Waals surface area contributed by atoms with E-state index in [2.05, 4.69) is 16.0 Å². The highest BCUT2D eigenvalue weighted by molar-refractivity contribution is 8.26. The van der Waals surface area contributed by atoms with Crippen molar-refractivity contribution in [2.45, 2.75) is 6.42 Å². The Labute approximate surface area is 279 Å². The number of aromatic carboxylic acids is 1. The van der Waals surface area contributed by atoms with Crippen molar-refractivity contribution < 1.29 is 28.9 Å². The minimum atomic E-state index is -0.989. The van der Waals surface area contributed by atoms with Crippen LogP contribution in [-0.2, 0) is 9.53 Å². The van der Waals surface area contributed by atoms with Crippen LogP contribution in [0, 0.1) is 0 Å². The molecule has 238 valence electrons. The third kappa shape index (κ3) is 7.68. The number of nitrogen functional groups attached to an aromatic ring is 1. The van der Waals surface area contributed by atoms with Crippen LogP contribution in [-0.4, -0.2) is 88.7 Å². The molecule has 2 aliphatic rings. The van der Waals surface area contributed by atoms with E-state index in [1.54, 1.807) is 17.0 Å². The highest BCUT2D eigenvalue weighted by atomic mass is 32.2. The number of amides is 1. The van der Waals surface area contributed by atoms with E-state index in [1.165, 1.54) is 35.2 Å². The molecule has 0 bridgehead atoms. The third-order valence-electron chi connectivity index (χ3n) is 7.56. The first-order valence-electron chi connectivity index (χ1n) is 14.8. The fraction of sp³-hybridized carbons (Fsp3) is 0.273. The number of morpholine rings is 1. The quantitative estimate of drug-likeness (QED) is 0.110. The molecule has 4 aromatic rings. The molecule has 13 heteroatoms. The number of ether oxygens (including phenoxy) is 3. The van der Waals surface area contributed by atoms with Crippen LogP contribution in [0.3, 0.4) is 0 Å². The maximum atomic E-state index is 13.3. The predicted octanol–water partition coefficient (Wildman–Crippen LogP) is 5.63. The van der Waals surface area contributed by atoms with Gasteiger partial charge in [0, 0.05) is 31.7 Å². The maximum Gasteiger partial charge on any atom is 0.335 e. The zero-order chi connectivity index (χ0) is 32.0. The number of carbonyl (C=O) groups excluding carboxylic acids is 1. The van der Waals surface area contributed by atoms with Gasteiger partial charge in [-0.3, -0.25) is 14.6 Å². The number of thioether (sulfide) groups is 1. The number of hydrogen-bond donors (Lipinski definition) is 2. The minimum absolute atomic E-state index is 0.144. The van der Waals surface area contributed by atoms with Gasteiger partial charge >= 0.3 is 5.97 Å². The van der Waals surface area contributed by atoms with E-state index in [0.29, 0.717) is 46.3 Å². The standard InChI is InChI=1S/C33H32N4O6S3/c34-32-35-26-8-5-23(20-28(26)45-32)25-18-21(2-9-27(25)43-17-13-36-11-15-41-16-12-36)19-29-30(38)37(33(44)46-29)10-1-14-42-24-6-3-22(4-7-24)31(39)40/h2-9,18-20H,1,10-17H2,(H2,34,35)(H,39,40)/b29-19-. The second kappa shape index (κ2) is 14.6. The first kappa shape index (κ1) is 32.0. The van der Waals surface area contributed by atoms with E-state index >= 15 is 0 Å². The van der Waals surface area contributed by atoms with Gasteiger partial charge in [-0.2, -0.15) is 0 Å². The Hall–Kier alpha value is -4.01. The first-order chi connectivity index (χ1) is 22.3. The van der Waals surface area contributed by atoms with Crippen molar-refractivity contribution in [2.24, 2.45) is 0 Å². The van der Waals surface area contributed by atoms with E-state index in [0.717, 1.165) is 65.5 Å². The van der Waals surface area contributed by atoms with Crippen molar-refractivity contribution in [3.05, 3.63) is 76.7 Å². The summed E-state index contributed by atoms with van der Waals surface area (Å²) in [6.45, 7) is 5.38. The van der Waals surface area contributed by atoms with Gasteiger partial charge in [0.25, 0.3) is 5.91 Å². The van der Waals surface area contributed by atoms with Crippen LogP contribution < -0.4 is 15.2 Å². The van der Waals surface area contributed by atoms with E-state index in [1.807, 2.05) is 36.4 Å². The number of nitrogens with zero attached hydrogens (tertiary/aromatic N) is 3. The number of carboxylic acid groups (broad SMARTS) is 1. The van der Waals surface area contributed by atoms with Crippen molar-refractivity contribution in [1.29, 1.82) is 0 Å². The molecule has 3 heterocycles. The average Bonchev–Trinajstić information content (AvgIpc) is 3.56. The molecule has 0 atom stereocenters. The number of fused-ring (bicyclic) bond motifs is 1. The van der Waals surface area contributed by atoms with Crippen molar-refractivity contribution in [2.75, 3.05) is 58.3 Å². The number of carboxylic acids is 1. The van der Waals surface area contributed by atoms with Gasteiger partial charge in [0.05, 0.1) is 40.5 Å². The predicted molar refractivity (Wildman–Crippen MR) is 186 cm³/mol.